The third-order valence-electron chi connectivity index (χ3n) is 7.13. The molecule has 1 aromatic carbocycles. The summed E-state index contributed by atoms with van der Waals surface area (Å²) in [5, 5.41) is 0. The maximum Gasteiger partial charge on any atom is 0.391 e. The number of alkyl halides is 3. The predicted molar refractivity (Wildman–Crippen MR) is 125 cm³/mol. The first-order chi connectivity index (χ1) is 16.8. The molecule has 2 aliphatic rings. The second-order valence-corrected chi connectivity index (χ2v) is 9.60. The molecule has 2 aromatic rings. The average Bonchev–Trinajstić information content (AvgIpc) is 3.35. The molecule has 0 N–H and O–H groups in total. The number of ether oxygens (including phenoxy) is 1. The van der Waals surface area contributed by atoms with Crippen LogP contribution in [0.1, 0.15) is 54.6 Å². The lowest BCUT2D eigenvalue weighted by Gasteiger charge is -2.31. The number of nitrogens with zero attached hydrogens (tertiary/aromatic N) is 2. The molecule has 0 spiro atoms. The third-order valence-corrected chi connectivity index (χ3v) is 7.13. The summed E-state index contributed by atoms with van der Waals surface area (Å²) in [6.45, 7) is 1.47. The number of Topliss-reactive ketones (excluding diaryl/α,β-unsaturated/α-hetero) is 1. The molecule has 1 atom stereocenters. The van der Waals surface area contributed by atoms with Gasteiger partial charge in [0.2, 0.25) is 5.91 Å². The highest BCUT2D eigenvalue weighted by atomic mass is 19.4. The molecule has 188 valence electrons. The fourth-order valence-corrected chi connectivity index (χ4v) is 5.04. The van der Waals surface area contributed by atoms with Gasteiger partial charge in [0.05, 0.1) is 12.5 Å². The lowest BCUT2D eigenvalue weighted by molar-refractivity contribution is -0.185. The number of ketones is 1. The van der Waals surface area contributed by atoms with Crippen LogP contribution in [0.3, 0.4) is 0 Å². The van der Waals surface area contributed by atoms with Gasteiger partial charge in [0.15, 0.2) is 5.78 Å². The van der Waals surface area contributed by atoms with Gasteiger partial charge in [-0.25, -0.2) is 4.98 Å². The van der Waals surface area contributed by atoms with Gasteiger partial charge in [-0.05, 0) is 56.2 Å². The van der Waals surface area contributed by atoms with Gasteiger partial charge in [0.25, 0.3) is 0 Å². The molecular formula is C27H31F3N2O3. The number of likely N-dealkylation sites (tertiary alicyclic amines) is 1. The SMILES string of the molecule is O=C(CCc1ccccc1)c1ncccc1OCC1CCN(C(=O)C2CCC(C(F)(F)F)CC2)C1. The Morgan fingerprint density at radius 2 is 1.74 bits per heavy atom. The van der Waals surface area contributed by atoms with Crippen LogP contribution >= 0.6 is 0 Å². The van der Waals surface area contributed by atoms with Crippen molar-refractivity contribution < 1.29 is 27.5 Å². The predicted octanol–water partition coefficient (Wildman–Crippen LogP) is 5.49. The number of hydrogen-bond donors (Lipinski definition) is 0. The Hall–Kier alpha value is -2.90. The number of benzene rings is 1. The molecule has 1 amide bonds. The highest BCUT2D eigenvalue weighted by Crippen LogP contribution is 2.40. The van der Waals surface area contributed by atoms with Crippen molar-refractivity contribution >= 4 is 11.7 Å². The number of rotatable bonds is 8. The maximum atomic E-state index is 12.9. The zero-order chi connectivity index (χ0) is 24.8. The first kappa shape index (κ1) is 25.2. The van der Waals surface area contributed by atoms with E-state index in [1.807, 2.05) is 30.3 Å². The number of amides is 1. The monoisotopic (exact) mass is 488 g/mol. The van der Waals surface area contributed by atoms with Crippen molar-refractivity contribution in [2.45, 2.75) is 51.1 Å². The third kappa shape index (κ3) is 6.61. The van der Waals surface area contributed by atoms with Crippen molar-refractivity contribution in [1.29, 1.82) is 0 Å². The fourth-order valence-electron chi connectivity index (χ4n) is 5.04. The largest absolute Gasteiger partial charge is 0.491 e. The molecule has 2 heterocycles. The molecule has 5 nitrogen and oxygen atoms in total. The highest BCUT2D eigenvalue weighted by Gasteiger charge is 2.43. The van der Waals surface area contributed by atoms with Gasteiger partial charge < -0.3 is 9.64 Å². The normalized spacial score (nSPS) is 22.7. The number of carbonyl (C=O) groups excluding carboxylic acids is 2. The Kier molecular flexibility index (Phi) is 8.08. The quantitative estimate of drug-likeness (QED) is 0.461. The lowest BCUT2D eigenvalue weighted by Crippen LogP contribution is -2.38. The van der Waals surface area contributed by atoms with E-state index in [1.165, 1.54) is 0 Å². The van der Waals surface area contributed by atoms with Crippen LogP contribution < -0.4 is 4.74 Å². The summed E-state index contributed by atoms with van der Waals surface area (Å²) in [7, 11) is 0. The van der Waals surface area contributed by atoms with Crippen molar-refractivity contribution in [2.75, 3.05) is 19.7 Å². The summed E-state index contributed by atoms with van der Waals surface area (Å²) in [5.41, 5.74) is 1.40. The Morgan fingerprint density at radius 3 is 2.46 bits per heavy atom. The van der Waals surface area contributed by atoms with Crippen LogP contribution in [-0.4, -0.2) is 47.4 Å². The number of pyridine rings is 1. The Balaban J connectivity index is 1.26. The molecule has 1 aromatic heterocycles. The van der Waals surface area contributed by atoms with Gasteiger partial charge in [-0.15, -0.1) is 0 Å². The van der Waals surface area contributed by atoms with E-state index < -0.39 is 12.1 Å². The first-order valence-electron chi connectivity index (χ1n) is 12.3. The van der Waals surface area contributed by atoms with Crippen molar-refractivity contribution in [3.63, 3.8) is 0 Å². The van der Waals surface area contributed by atoms with E-state index >= 15 is 0 Å². The Bertz CT molecular complexity index is 1000. The second-order valence-electron chi connectivity index (χ2n) is 9.60. The molecular weight excluding hydrogens is 457 g/mol. The summed E-state index contributed by atoms with van der Waals surface area (Å²) < 4.78 is 44.7. The van der Waals surface area contributed by atoms with Crippen molar-refractivity contribution in [2.24, 2.45) is 17.8 Å². The Morgan fingerprint density at radius 1 is 1.00 bits per heavy atom. The van der Waals surface area contributed by atoms with E-state index in [1.54, 1.807) is 23.2 Å². The second kappa shape index (κ2) is 11.2. The minimum absolute atomic E-state index is 0.0301. The van der Waals surface area contributed by atoms with Gasteiger partial charge in [-0.2, -0.15) is 13.2 Å². The molecule has 4 rings (SSSR count). The van der Waals surface area contributed by atoms with Crippen LogP contribution in [0, 0.1) is 17.8 Å². The lowest BCUT2D eigenvalue weighted by atomic mass is 9.81. The molecule has 0 bridgehead atoms. The highest BCUT2D eigenvalue weighted by molar-refractivity contribution is 5.96. The van der Waals surface area contributed by atoms with E-state index in [2.05, 4.69) is 4.98 Å². The zero-order valence-corrected chi connectivity index (χ0v) is 19.7. The summed E-state index contributed by atoms with van der Waals surface area (Å²) in [6, 6.07) is 13.3. The van der Waals surface area contributed by atoms with Crippen molar-refractivity contribution in [1.82, 2.24) is 9.88 Å². The van der Waals surface area contributed by atoms with E-state index in [-0.39, 0.29) is 36.4 Å². The summed E-state index contributed by atoms with van der Waals surface area (Å²) in [4.78, 5) is 31.6. The molecule has 1 unspecified atom stereocenters. The molecule has 1 aliphatic carbocycles. The molecule has 8 heteroatoms. The van der Waals surface area contributed by atoms with Crippen molar-refractivity contribution in [3.8, 4) is 5.75 Å². The summed E-state index contributed by atoms with van der Waals surface area (Å²) >= 11 is 0. The van der Waals surface area contributed by atoms with Crippen molar-refractivity contribution in [3.05, 3.63) is 59.9 Å². The van der Waals surface area contributed by atoms with E-state index in [4.69, 9.17) is 4.74 Å². The number of aromatic nitrogens is 1. The smallest absolute Gasteiger partial charge is 0.391 e. The summed E-state index contributed by atoms with van der Waals surface area (Å²) in [5.74, 6) is -1.16. The summed E-state index contributed by atoms with van der Waals surface area (Å²) in [6.07, 6.45) is -0.216. The number of halogens is 3. The molecule has 35 heavy (non-hydrogen) atoms. The van der Waals surface area contributed by atoms with E-state index in [0.717, 1.165) is 12.0 Å². The first-order valence-corrected chi connectivity index (χ1v) is 12.3. The Labute approximate surface area is 203 Å². The van der Waals surface area contributed by atoms with Crippen LogP contribution in [0.5, 0.6) is 5.75 Å². The molecule has 2 fully saturated rings. The minimum Gasteiger partial charge on any atom is -0.491 e. The topological polar surface area (TPSA) is 59.5 Å². The van der Waals surface area contributed by atoms with Gasteiger partial charge in [0, 0.05) is 37.5 Å². The minimum atomic E-state index is -4.17. The molecule has 1 aliphatic heterocycles. The van der Waals surface area contributed by atoms with E-state index in [9.17, 15) is 22.8 Å². The van der Waals surface area contributed by atoms with Crippen LogP contribution in [0.4, 0.5) is 13.2 Å². The standard InChI is InChI=1S/C27H31F3N2O3/c28-27(29,30)22-11-9-21(10-12-22)26(34)32-16-14-20(17-32)18-35-24-7-4-15-31-25(24)23(33)13-8-19-5-2-1-3-6-19/h1-7,15,20-22H,8-14,16-18H2. The molecule has 0 radical (unpaired) electrons. The van der Waals surface area contributed by atoms with Gasteiger partial charge >= 0.3 is 6.18 Å². The van der Waals surface area contributed by atoms with Crippen LogP contribution in [0.2, 0.25) is 0 Å². The van der Waals surface area contributed by atoms with Crippen LogP contribution in [0.25, 0.3) is 0 Å². The number of carbonyl (C=O) groups is 2. The molecule has 1 saturated heterocycles. The number of hydrogen-bond acceptors (Lipinski definition) is 4. The van der Waals surface area contributed by atoms with E-state index in [0.29, 0.717) is 56.8 Å². The number of aryl methyl sites for hydroxylation is 1. The van der Waals surface area contributed by atoms with Crippen LogP contribution in [0.15, 0.2) is 48.7 Å². The average molecular weight is 489 g/mol. The van der Waals surface area contributed by atoms with Crippen LogP contribution in [-0.2, 0) is 11.2 Å². The van der Waals surface area contributed by atoms with Gasteiger partial charge in [-0.3, -0.25) is 9.59 Å². The molecule has 1 saturated carbocycles. The van der Waals surface area contributed by atoms with Gasteiger partial charge in [-0.1, -0.05) is 30.3 Å². The van der Waals surface area contributed by atoms with Gasteiger partial charge in [0.1, 0.15) is 11.4 Å². The zero-order valence-electron chi connectivity index (χ0n) is 19.7. The fraction of sp³-hybridized carbons (Fsp3) is 0.519. The maximum absolute atomic E-state index is 12.9.